The van der Waals surface area contributed by atoms with Gasteiger partial charge in [-0.15, -0.1) is 12.4 Å². The van der Waals surface area contributed by atoms with Gasteiger partial charge in [0.1, 0.15) is 5.82 Å². The Hall–Kier alpha value is -1.06. The highest BCUT2D eigenvalue weighted by Crippen LogP contribution is 2.30. The molecule has 0 saturated heterocycles. The number of hydrogen-bond donors (Lipinski definition) is 1. The van der Waals surface area contributed by atoms with Crippen LogP contribution in [-0.2, 0) is 13.0 Å². The number of rotatable bonds is 1. The zero-order valence-electron chi connectivity index (χ0n) is 10.7. The zero-order chi connectivity index (χ0) is 12.0. The van der Waals surface area contributed by atoms with E-state index in [-0.39, 0.29) is 18.2 Å². The summed E-state index contributed by atoms with van der Waals surface area (Å²) in [7, 11) is 0. The Kier molecular flexibility index (Phi) is 3.64. The molecule has 2 aromatic rings. The molecule has 18 heavy (non-hydrogen) atoms. The number of nitrogens with one attached hydrogen (secondary N) is 1. The van der Waals surface area contributed by atoms with Crippen molar-refractivity contribution in [3.05, 3.63) is 35.3 Å². The van der Waals surface area contributed by atoms with Gasteiger partial charge in [-0.3, -0.25) is 0 Å². The monoisotopic (exact) mass is 268 g/mol. The Morgan fingerprint density at radius 2 is 2.17 bits per heavy atom. The first kappa shape index (κ1) is 13.4. The smallest absolute Gasteiger partial charge is 0.124 e. The van der Waals surface area contributed by atoms with E-state index in [0.29, 0.717) is 6.04 Å². The molecule has 1 aliphatic heterocycles. The SMILES string of the molecule is CCc1cc(F)cc2cc3n(c12)C(C)CNC3.Cl. The van der Waals surface area contributed by atoms with E-state index >= 15 is 0 Å². The molecule has 0 bridgehead atoms. The summed E-state index contributed by atoms with van der Waals surface area (Å²) in [5, 5.41) is 4.42. The second kappa shape index (κ2) is 4.90. The summed E-state index contributed by atoms with van der Waals surface area (Å²) >= 11 is 0. The first-order valence-corrected chi connectivity index (χ1v) is 6.23. The number of benzene rings is 1. The average Bonchev–Trinajstić information content (AvgIpc) is 2.67. The Labute approximate surface area is 113 Å². The summed E-state index contributed by atoms with van der Waals surface area (Å²) in [4.78, 5) is 0. The quantitative estimate of drug-likeness (QED) is 0.839. The molecule has 1 aromatic carbocycles. The fourth-order valence-electron chi connectivity index (χ4n) is 2.88. The molecular formula is C14H18ClFN2. The van der Waals surface area contributed by atoms with Gasteiger partial charge in [-0.25, -0.2) is 4.39 Å². The van der Waals surface area contributed by atoms with E-state index in [4.69, 9.17) is 0 Å². The van der Waals surface area contributed by atoms with Crippen LogP contribution in [0.5, 0.6) is 0 Å². The van der Waals surface area contributed by atoms with E-state index in [9.17, 15) is 4.39 Å². The van der Waals surface area contributed by atoms with Crippen LogP contribution < -0.4 is 5.32 Å². The minimum absolute atomic E-state index is 0. The molecular weight excluding hydrogens is 251 g/mol. The van der Waals surface area contributed by atoms with Gasteiger partial charge in [0, 0.05) is 30.2 Å². The van der Waals surface area contributed by atoms with Gasteiger partial charge in [-0.1, -0.05) is 6.92 Å². The van der Waals surface area contributed by atoms with Crippen LogP contribution in [0.15, 0.2) is 18.2 Å². The molecule has 0 amide bonds. The summed E-state index contributed by atoms with van der Waals surface area (Å²) < 4.78 is 15.9. The largest absolute Gasteiger partial charge is 0.339 e. The summed E-state index contributed by atoms with van der Waals surface area (Å²) in [6.07, 6.45) is 0.873. The normalized spacial score (nSPS) is 18.5. The van der Waals surface area contributed by atoms with Gasteiger partial charge in [0.15, 0.2) is 0 Å². The molecule has 1 atom stereocenters. The minimum Gasteiger partial charge on any atom is -0.339 e. The summed E-state index contributed by atoms with van der Waals surface area (Å²) in [6.45, 7) is 6.15. The third-order valence-corrected chi connectivity index (χ3v) is 3.62. The molecule has 1 aromatic heterocycles. The van der Waals surface area contributed by atoms with Gasteiger partial charge in [-0.05, 0) is 37.1 Å². The van der Waals surface area contributed by atoms with E-state index in [1.165, 1.54) is 11.2 Å². The molecule has 0 radical (unpaired) electrons. The van der Waals surface area contributed by atoms with Crippen molar-refractivity contribution < 1.29 is 4.39 Å². The fraction of sp³-hybridized carbons (Fsp3) is 0.429. The van der Waals surface area contributed by atoms with E-state index < -0.39 is 0 Å². The van der Waals surface area contributed by atoms with E-state index in [1.807, 2.05) is 0 Å². The Morgan fingerprint density at radius 3 is 2.89 bits per heavy atom. The van der Waals surface area contributed by atoms with Crippen molar-refractivity contribution in [1.29, 1.82) is 0 Å². The molecule has 98 valence electrons. The molecule has 4 heteroatoms. The molecule has 0 fully saturated rings. The topological polar surface area (TPSA) is 17.0 Å². The predicted octanol–water partition coefficient (Wildman–Crippen LogP) is 3.43. The van der Waals surface area contributed by atoms with Crippen molar-refractivity contribution >= 4 is 23.3 Å². The van der Waals surface area contributed by atoms with Crippen LogP contribution in [0, 0.1) is 5.82 Å². The number of aromatic nitrogens is 1. The van der Waals surface area contributed by atoms with Crippen molar-refractivity contribution in [2.75, 3.05) is 6.54 Å². The Balaban J connectivity index is 0.00000120. The maximum absolute atomic E-state index is 13.5. The van der Waals surface area contributed by atoms with E-state index in [2.05, 4.69) is 29.8 Å². The Bertz CT molecular complexity index is 577. The van der Waals surface area contributed by atoms with Crippen molar-refractivity contribution in [3.63, 3.8) is 0 Å². The third kappa shape index (κ3) is 1.91. The second-order valence-electron chi connectivity index (χ2n) is 4.84. The number of halogens is 2. The van der Waals surface area contributed by atoms with Crippen LogP contribution >= 0.6 is 12.4 Å². The van der Waals surface area contributed by atoms with Gasteiger partial charge in [-0.2, -0.15) is 0 Å². The second-order valence-corrected chi connectivity index (χ2v) is 4.84. The maximum atomic E-state index is 13.5. The highest BCUT2D eigenvalue weighted by molar-refractivity contribution is 5.85. The van der Waals surface area contributed by atoms with E-state index in [1.54, 1.807) is 12.1 Å². The van der Waals surface area contributed by atoms with Crippen molar-refractivity contribution in [3.8, 4) is 0 Å². The summed E-state index contributed by atoms with van der Waals surface area (Å²) in [5.41, 5.74) is 3.59. The number of hydrogen-bond acceptors (Lipinski definition) is 1. The molecule has 1 aliphatic rings. The fourth-order valence-corrected chi connectivity index (χ4v) is 2.88. The highest BCUT2D eigenvalue weighted by atomic mass is 35.5. The predicted molar refractivity (Wildman–Crippen MR) is 74.9 cm³/mol. The van der Waals surface area contributed by atoms with Gasteiger partial charge in [0.2, 0.25) is 0 Å². The molecule has 3 rings (SSSR count). The lowest BCUT2D eigenvalue weighted by Gasteiger charge is -2.25. The van der Waals surface area contributed by atoms with Crippen LogP contribution in [-0.4, -0.2) is 11.1 Å². The van der Waals surface area contributed by atoms with Gasteiger partial charge in [0.25, 0.3) is 0 Å². The van der Waals surface area contributed by atoms with Crippen LogP contribution in [0.4, 0.5) is 4.39 Å². The Morgan fingerprint density at radius 1 is 1.39 bits per heavy atom. The average molecular weight is 269 g/mol. The standard InChI is InChI=1S/C14H17FN2.ClH/c1-3-10-4-12(15)5-11-6-13-8-16-7-9(2)17(13)14(10)11;/h4-6,9,16H,3,7-8H2,1-2H3;1H. The van der Waals surface area contributed by atoms with Crippen LogP contribution in [0.1, 0.15) is 31.1 Å². The molecule has 0 saturated carbocycles. The van der Waals surface area contributed by atoms with Gasteiger partial charge in [0.05, 0.1) is 5.52 Å². The minimum atomic E-state index is -0.127. The zero-order valence-corrected chi connectivity index (χ0v) is 11.5. The van der Waals surface area contributed by atoms with Crippen molar-refractivity contribution in [2.24, 2.45) is 0 Å². The lowest BCUT2D eigenvalue weighted by atomic mass is 10.1. The molecule has 0 aliphatic carbocycles. The number of fused-ring (bicyclic) bond motifs is 3. The van der Waals surface area contributed by atoms with Crippen molar-refractivity contribution in [1.82, 2.24) is 9.88 Å². The van der Waals surface area contributed by atoms with Crippen LogP contribution in [0.2, 0.25) is 0 Å². The molecule has 2 nitrogen and oxygen atoms in total. The first-order chi connectivity index (χ1) is 8.20. The van der Waals surface area contributed by atoms with Crippen LogP contribution in [0.3, 0.4) is 0 Å². The lowest BCUT2D eigenvalue weighted by Crippen LogP contribution is -2.31. The summed E-state index contributed by atoms with van der Waals surface area (Å²) in [6, 6.07) is 5.86. The molecule has 2 heterocycles. The summed E-state index contributed by atoms with van der Waals surface area (Å²) in [5.74, 6) is -0.127. The number of aryl methyl sites for hydroxylation is 1. The molecule has 1 N–H and O–H groups in total. The first-order valence-electron chi connectivity index (χ1n) is 6.23. The molecule has 1 unspecified atom stereocenters. The number of nitrogens with zero attached hydrogens (tertiary/aromatic N) is 1. The van der Waals surface area contributed by atoms with E-state index in [0.717, 1.165) is 30.5 Å². The highest BCUT2D eigenvalue weighted by Gasteiger charge is 2.20. The van der Waals surface area contributed by atoms with Crippen LogP contribution in [0.25, 0.3) is 10.9 Å². The van der Waals surface area contributed by atoms with Crippen molar-refractivity contribution in [2.45, 2.75) is 32.9 Å². The third-order valence-electron chi connectivity index (χ3n) is 3.62. The maximum Gasteiger partial charge on any atom is 0.124 e. The molecule has 0 spiro atoms. The van der Waals surface area contributed by atoms with Gasteiger partial charge >= 0.3 is 0 Å². The van der Waals surface area contributed by atoms with Gasteiger partial charge < -0.3 is 9.88 Å². The lowest BCUT2D eigenvalue weighted by molar-refractivity contribution is 0.439.